The van der Waals surface area contributed by atoms with E-state index in [4.69, 9.17) is 9.47 Å². The summed E-state index contributed by atoms with van der Waals surface area (Å²) in [6.07, 6.45) is 0. The van der Waals surface area contributed by atoms with Gasteiger partial charge < -0.3 is 19.9 Å². The molecule has 2 rings (SSSR count). The van der Waals surface area contributed by atoms with Crippen molar-refractivity contribution in [1.29, 1.82) is 0 Å². The van der Waals surface area contributed by atoms with Gasteiger partial charge in [-0.1, -0.05) is 24.3 Å². The van der Waals surface area contributed by atoms with Crippen molar-refractivity contribution in [2.75, 3.05) is 14.2 Å². The van der Waals surface area contributed by atoms with E-state index in [0.29, 0.717) is 17.1 Å². The van der Waals surface area contributed by atoms with Crippen molar-refractivity contribution in [3.63, 3.8) is 0 Å². The highest BCUT2D eigenvalue weighted by atomic mass is 16.5. The van der Waals surface area contributed by atoms with Gasteiger partial charge in [-0.2, -0.15) is 0 Å². The number of amides is 1. The molecule has 2 N–H and O–H groups in total. The van der Waals surface area contributed by atoms with Gasteiger partial charge in [0, 0.05) is 0 Å². The Morgan fingerprint density at radius 3 is 1.72 bits per heavy atom. The van der Waals surface area contributed by atoms with Crippen molar-refractivity contribution in [2.24, 2.45) is 0 Å². The smallest absolute Gasteiger partial charge is 0.330 e. The molecular weight excluding hydrogens is 322 g/mol. The van der Waals surface area contributed by atoms with Crippen LogP contribution >= 0.6 is 0 Å². The Hall–Kier alpha value is -3.02. The van der Waals surface area contributed by atoms with Gasteiger partial charge in [-0.3, -0.25) is 4.79 Å². The fourth-order valence-corrected chi connectivity index (χ4v) is 2.40. The van der Waals surface area contributed by atoms with Crippen molar-refractivity contribution in [3.8, 4) is 11.5 Å². The second-order valence-corrected chi connectivity index (χ2v) is 5.55. The largest absolute Gasteiger partial charge is 0.497 e. The van der Waals surface area contributed by atoms with Crippen LogP contribution in [-0.4, -0.2) is 31.2 Å². The third kappa shape index (κ3) is 4.50. The molecule has 0 radical (unpaired) electrons. The van der Waals surface area contributed by atoms with Crippen LogP contribution in [0.5, 0.6) is 11.5 Å². The number of rotatable bonds is 7. The molecule has 6 heteroatoms. The number of ether oxygens (including phenoxy) is 2. The average molecular weight is 343 g/mol. The molecule has 2 atom stereocenters. The molecule has 0 aliphatic heterocycles. The van der Waals surface area contributed by atoms with Crippen molar-refractivity contribution >= 4 is 11.9 Å². The van der Waals surface area contributed by atoms with Crippen LogP contribution in [0.4, 0.5) is 0 Å². The van der Waals surface area contributed by atoms with Gasteiger partial charge in [0.1, 0.15) is 11.5 Å². The van der Waals surface area contributed by atoms with Crippen LogP contribution in [0.1, 0.15) is 30.0 Å². The monoisotopic (exact) mass is 343 g/mol. The van der Waals surface area contributed by atoms with Crippen molar-refractivity contribution in [3.05, 3.63) is 59.7 Å². The van der Waals surface area contributed by atoms with Gasteiger partial charge in [0.2, 0.25) is 5.91 Å². The van der Waals surface area contributed by atoms with Crippen molar-refractivity contribution in [1.82, 2.24) is 5.32 Å². The third-order valence-corrected chi connectivity index (χ3v) is 3.99. The maximum absolute atomic E-state index is 12.5. The molecule has 1 amide bonds. The number of carbonyl (C=O) groups excluding carboxylic acids is 1. The highest BCUT2D eigenvalue weighted by Gasteiger charge is 2.25. The predicted octanol–water partition coefficient (Wildman–Crippen LogP) is 2.75. The maximum atomic E-state index is 12.5. The first-order chi connectivity index (χ1) is 12.0. The lowest BCUT2D eigenvalue weighted by atomic mass is 9.99. The highest BCUT2D eigenvalue weighted by Crippen LogP contribution is 2.22. The van der Waals surface area contributed by atoms with E-state index in [1.807, 2.05) is 0 Å². The third-order valence-electron chi connectivity index (χ3n) is 3.99. The van der Waals surface area contributed by atoms with Gasteiger partial charge in [-0.05, 0) is 42.3 Å². The zero-order valence-corrected chi connectivity index (χ0v) is 14.4. The predicted molar refractivity (Wildman–Crippen MR) is 92.9 cm³/mol. The fourth-order valence-electron chi connectivity index (χ4n) is 2.40. The van der Waals surface area contributed by atoms with E-state index >= 15 is 0 Å². The Morgan fingerprint density at radius 2 is 1.32 bits per heavy atom. The van der Waals surface area contributed by atoms with E-state index < -0.39 is 17.9 Å². The quantitative estimate of drug-likeness (QED) is 0.807. The Morgan fingerprint density at radius 1 is 0.880 bits per heavy atom. The molecule has 2 unspecified atom stereocenters. The van der Waals surface area contributed by atoms with Gasteiger partial charge in [-0.15, -0.1) is 0 Å². The Balaban J connectivity index is 2.14. The summed E-state index contributed by atoms with van der Waals surface area (Å²) in [5.41, 5.74) is 1.25. The maximum Gasteiger partial charge on any atom is 0.330 e. The minimum absolute atomic E-state index is 0.367. The molecule has 0 heterocycles. The second-order valence-electron chi connectivity index (χ2n) is 5.55. The van der Waals surface area contributed by atoms with Crippen LogP contribution in [0.25, 0.3) is 0 Å². The van der Waals surface area contributed by atoms with Crippen LogP contribution in [0, 0.1) is 0 Å². The first kappa shape index (κ1) is 18.3. The average Bonchev–Trinajstić information content (AvgIpc) is 2.65. The summed E-state index contributed by atoms with van der Waals surface area (Å²) in [5.74, 6) is -0.677. The second kappa shape index (κ2) is 8.19. The molecule has 6 nitrogen and oxygen atoms in total. The molecule has 2 aromatic rings. The Labute approximate surface area is 146 Å². The van der Waals surface area contributed by atoms with E-state index in [-0.39, 0.29) is 5.91 Å². The summed E-state index contributed by atoms with van der Waals surface area (Å²) < 4.78 is 10.2. The van der Waals surface area contributed by atoms with E-state index in [0.717, 1.165) is 5.56 Å². The molecule has 25 heavy (non-hydrogen) atoms. The van der Waals surface area contributed by atoms with Crippen LogP contribution in [0.15, 0.2) is 48.5 Å². The molecule has 0 aromatic heterocycles. The summed E-state index contributed by atoms with van der Waals surface area (Å²) in [6, 6.07) is 12.5. The number of nitrogens with one attached hydrogen (secondary N) is 1. The van der Waals surface area contributed by atoms with Crippen molar-refractivity contribution < 1.29 is 24.2 Å². The van der Waals surface area contributed by atoms with E-state index in [1.54, 1.807) is 62.6 Å². The molecule has 0 saturated heterocycles. The molecule has 2 aromatic carbocycles. The number of hydrogen-bond acceptors (Lipinski definition) is 4. The zero-order valence-electron chi connectivity index (χ0n) is 14.4. The Bertz CT molecular complexity index is 724. The SMILES string of the molecule is COc1ccc(C(C)C(=O)NC(C(=O)O)c2ccc(OC)cc2)cc1. The summed E-state index contributed by atoms with van der Waals surface area (Å²) in [6.45, 7) is 1.73. The van der Waals surface area contributed by atoms with E-state index in [2.05, 4.69) is 5.32 Å². The van der Waals surface area contributed by atoms with Crippen molar-refractivity contribution in [2.45, 2.75) is 18.9 Å². The normalized spacial score (nSPS) is 12.8. The number of carbonyl (C=O) groups is 2. The molecule has 0 saturated carbocycles. The van der Waals surface area contributed by atoms with Crippen LogP contribution < -0.4 is 14.8 Å². The fraction of sp³-hybridized carbons (Fsp3) is 0.263. The Kier molecular flexibility index (Phi) is 6.00. The topological polar surface area (TPSA) is 84.9 Å². The number of carboxylic acid groups (broad SMARTS) is 1. The lowest BCUT2D eigenvalue weighted by Crippen LogP contribution is -2.36. The summed E-state index contributed by atoms with van der Waals surface area (Å²) in [4.78, 5) is 24.0. The highest BCUT2D eigenvalue weighted by molar-refractivity contribution is 5.88. The zero-order chi connectivity index (χ0) is 18.4. The van der Waals surface area contributed by atoms with Gasteiger partial charge in [0.15, 0.2) is 6.04 Å². The van der Waals surface area contributed by atoms with Gasteiger partial charge in [0.05, 0.1) is 20.1 Å². The van der Waals surface area contributed by atoms with Crippen LogP contribution in [0.3, 0.4) is 0 Å². The van der Waals surface area contributed by atoms with Gasteiger partial charge in [-0.25, -0.2) is 4.79 Å². The molecular formula is C19H21NO5. The number of hydrogen-bond donors (Lipinski definition) is 2. The van der Waals surface area contributed by atoms with Crippen LogP contribution in [0.2, 0.25) is 0 Å². The summed E-state index contributed by atoms with van der Waals surface area (Å²) in [7, 11) is 3.10. The van der Waals surface area contributed by atoms with Gasteiger partial charge >= 0.3 is 5.97 Å². The molecule has 0 aliphatic rings. The molecule has 0 bridgehead atoms. The minimum atomic E-state index is -1.13. The molecule has 132 valence electrons. The number of benzene rings is 2. The standard InChI is InChI=1S/C19H21NO5/c1-12(13-4-8-15(24-2)9-5-13)18(21)20-17(19(22)23)14-6-10-16(25-3)11-7-14/h4-12,17H,1-3H3,(H,20,21)(H,22,23). The molecule has 0 fully saturated rings. The van der Waals surface area contributed by atoms with Gasteiger partial charge in [0.25, 0.3) is 0 Å². The number of carboxylic acids is 1. The molecule has 0 spiro atoms. The minimum Gasteiger partial charge on any atom is -0.497 e. The first-order valence-corrected chi connectivity index (χ1v) is 7.77. The number of methoxy groups -OCH3 is 2. The van der Waals surface area contributed by atoms with Crippen LogP contribution in [-0.2, 0) is 9.59 Å². The van der Waals surface area contributed by atoms with E-state index in [9.17, 15) is 14.7 Å². The summed E-state index contributed by atoms with van der Waals surface area (Å²) in [5, 5.41) is 12.0. The lowest BCUT2D eigenvalue weighted by molar-refractivity contribution is -0.142. The lowest BCUT2D eigenvalue weighted by Gasteiger charge is -2.19. The van der Waals surface area contributed by atoms with E-state index in [1.165, 1.54) is 7.11 Å². The first-order valence-electron chi connectivity index (χ1n) is 7.77. The molecule has 0 aliphatic carbocycles. The number of aliphatic carboxylic acids is 1. The summed E-state index contributed by atoms with van der Waals surface area (Å²) >= 11 is 0.